The number of rotatable bonds is 11. The van der Waals surface area contributed by atoms with Crippen molar-refractivity contribution in [1.82, 2.24) is 26.1 Å². The third kappa shape index (κ3) is 5.90. The van der Waals surface area contributed by atoms with E-state index in [-0.39, 0.29) is 30.3 Å². The lowest BCUT2D eigenvalue weighted by Crippen LogP contribution is -2.44. The van der Waals surface area contributed by atoms with Crippen molar-refractivity contribution in [1.29, 1.82) is 0 Å². The molecule has 3 atom stereocenters. The van der Waals surface area contributed by atoms with E-state index in [0.717, 1.165) is 44.3 Å². The van der Waals surface area contributed by atoms with Gasteiger partial charge in [-0.15, -0.1) is 0 Å². The van der Waals surface area contributed by atoms with Gasteiger partial charge in [-0.1, -0.05) is 48.5 Å². The van der Waals surface area contributed by atoms with E-state index in [9.17, 15) is 14.7 Å². The van der Waals surface area contributed by atoms with Gasteiger partial charge in [-0.3, -0.25) is 10.1 Å². The summed E-state index contributed by atoms with van der Waals surface area (Å²) in [4.78, 5) is 29.6. The number of aliphatic hydroxyl groups is 1. The van der Waals surface area contributed by atoms with Crippen LogP contribution in [0.4, 0.5) is 4.79 Å². The van der Waals surface area contributed by atoms with Gasteiger partial charge in [0.1, 0.15) is 0 Å². The average Bonchev–Trinajstić information content (AvgIpc) is 3.55. The first-order chi connectivity index (χ1) is 20.4. The van der Waals surface area contributed by atoms with Gasteiger partial charge in [-0.2, -0.15) is 4.98 Å². The van der Waals surface area contributed by atoms with E-state index < -0.39 is 17.6 Å². The molecule has 0 spiro atoms. The number of fused-ring (bicyclic) bond motifs is 1. The minimum absolute atomic E-state index is 0.0496. The average molecular weight is 576 g/mol. The number of ether oxygens (including phenoxy) is 2. The number of nitrogens with zero attached hydrogens (tertiary/aromatic N) is 2. The molecule has 2 amide bonds. The second-order valence-corrected chi connectivity index (χ2v) is 11.5. The Morgan fingerprint density at radius 1 is 1.14 bits per heavy atom. The van der Waals surface area contributed by atoms with Gasteiger partial charge >= 0.3 is 6.09 Å². The zero-order chi connectivity index (χ0) is 29.2. The molecule has 3 heterocycles. The summed E-state index contributed by atoms with van der Waals surface area (Å²) in [7, 11) is 0. The molecule has 2 aliphatic heterocycles. The van der Waals surface area contributed by atoms with Crippen LogP contribution in [0.3, 0.4) is 0 Å². The molecule has 4 N–H and O–H groups in total. The van der Waals surface area contributed by atoms with Crippen molar-refractivity contribution in [3.63, 3.8) is 0 Å². The van der Waals surface area contributed by atoms with Crippen LogP contribution in [0.25, 0.3) is 0 Å². The Hall–Kier alpha value is -3.80. The third-order valence-electron chi connectivity index (χ3n) is 8.36. The maximum atomic E-state index is 12.8. The van der Waals surface area contributed by atoms with E-state index in [4.69, 9.17) is 14.0 Å². The fourth-order valence-electron chi connectivity index (χ4n) is 5.95. The van der Waals surface area contributed by atoms with Crippen molar-refractivity contribution in [3.8, 4) is 0 Å². The minimum Gasteiger partial charge on any atom is -0.450 e. The molecule has 3 aromatic rings. The van der Waals surface area contributed by atoms with Crippen LogP contribution in [-0.2, 0) is 34.5 Å². The molecular formula is C31H37N5O6. The Balaban J connectivity index is 1.07. The van der Waals surface area contributed by atoms with Crippen molar-refractivity contribution in [3.05, 3.63) is 82.5 Å². The summed E-state index contributed by atoms with van der Waals surface area (Å²) in [5.41, 5.74) is 2.62. The van der Waals surface area contributed by atoms with Crippen molar-refractivity contribution in [2.75, 3.05) is 19.7 Å². The lowest BCUT2D eigenvalue weighted by Gasteiger charge is -2.18. The molecule has 0 radical (unpaired) electrons. The van der Waals surface area contributed by atoms with Crippen molar-refractivity contribution < 1.29 is 28.7 Å². The predicted molar refractivity (Wildman–Crippen MR) is 151 cm³/mol. The Kier molecular flexibility index (Phi) is 7.98. The summed E-state index contributed by atoms with van der Waals surface area (Å²) >= 11 is 0. The zero-order valence-electron chi connectivity index (χ0n) is 23.7. The molecule has 42 heavy (non-hydrogen) atoms. The topological polar surface area (TPSA) is 151 Å². The monoisotopic (exact) mass is 575 g/mol. The summed E-state index contributed by atoms with van der Waals surface area (Å²) in [6.45, 7) is 3.99. The van der Waals surface area contributed by atoms with Gasteiger partial charge in [-0.25, -0.2) is 4.79 Å². The lowest BCUT2D eigenvalue weighted by atomic mass is 9.96. The standard InChI is InChI=1S/C31H37N5O6/c1-2-15-40-29(38)35-30(13-11-21-12-14-32-19-21)31(39,42-30)28-34-26(41-36-28)16-20-7-9-22(10-8-20)27(37)33-25-17-23-5-3-4-6-24(23)18-25/h3-10,21,25,32,39H,2,11-19H2,1H3,(H,33,37)(H,35,38)/t21-,30+,31+/m1/s1. The molecular weight excluding hydrogens is 538 g/mol. The third-order valence-corrected chi connectivity index (χ3v) is 8.36. The molecule has 3 aliphatic rings. The molecule has 0 unspecified atom stereocenters. The maximum Gasteiger partial charge on any atom is 0.409 e. The Labute approximate surface area is 244 Å². The molecule has 0 saturated carbocycles. The van der Waals surface area contributed by atoms with Crippen LogP contribution in [0.1, 0.15) is 71.4 Å². The van der Waals surface area contributed by atoms with Gasteiger partial charge in [0, 0.05) is 18.0 Å². The van der Waals surface area contributed by atoms with E-state index in [1.807, 2.05) is 31.2 Å². The number of amides is 2. The van der Waals surface area contributed by atoms with Gasteiger partial charge in [0.25, 0.3) is 11.7 Å². The second-order valence-electron chi connectivity index (χ2n) is 11.5. The molecule has 222 valence electrons. The van der Waals surface area contributed by atoms with Gasteiger partial charge < -0.3 is 29.7 Å². The van der Waals surface area contributed by atoms with Crippen molar-refractivity contribution in [2.24, 2.45) is 5.92 Å². The van der Waals surface area contributed by atoms with Gasteiger partial charge in [-0.05, 0) is 79.9 Å². The number of epoxide rings is 1. The molecule has 2 saturated heterocycles. The summed E-state index contributed by atoms with van der Waals surface area (Å²) < 4.78 is 16.4. The minimum atomic E-state index is -1.92. The van der Waals surface area contributed by atoms with E-state index >= 15 is 0 Å². The first-order valence-electron chi connectivity index (χ1n) is 14.8. The number of carbonyl (C=O) groups is 2. The highest BCUT2D eigenvalue weighted by atomic mass is 16.8. The molecule has 11 heteroatoms. The number of benzene rings is 2. The van der Waals surface area contributed by atoms with Crippen molar-refractivity contribution >= 4 is 12.0 Å². The number of hydrogen-bond acceptors (Lipinski definition) is 9. The zero-order valence-corrected chi connectivity index (χ0v) is 23.7. The summed E-state index contributed by atoms with van der Waals surface area (Å²) in [6, 6.07) is 15.6. The molecule has 2 fully saturated rings. The maximum absolute atomic E-state index is 12.8. The summed E-state index contributed by atoms with van der Waals surface area (Å²) in [5, 5.41) is 24.5. The van der Waals surface area contributed by atoms with Crippen LogP contribution in [0.15, 0.2) is 53.1 Å². The number of nitrogens with one attached hydrogen (secondary N) is 3. The van der Waals surface area contributed by atoms with Crippen LogP contribution in [0.5, 0.6) is 0 Å². The van der Waals surface area contributed by atoms with Gasteiger partial charge in [0.05, 0.1) is 13.0 Å². The van der Waals surface area contributed by atoms with Gasteiger partial charge in [0.2, 0.25) is 17.4 Å². The van der Waals surface area contributed by atoms with E-state index in [2.05, 4.69) is 38.2 Å². The predicted octanol–water partition coefficient (Wildman–Crippen LogP) is 2.96. The van der Waals surface area contributed by atoms with Crippen LogP contribution in [-0.4, -0.2) is 58.7 Å². The van der Waals surface area contributed by atoms with Gasteiger partial charge in [0.15, 0.2) is 0 Å². The normalized spacial score (nSPS) is 24.8. The number of hydrogen-bond donors (Lipinski definition) is 4. The van der Waals surface area contributed by atoms with E-state index in [0.29, 0.717) is 30.7 Å². The van der Waals surface area contributed by atoms with E-state index in [1.54, 1.807) is 12.1 Å². The largest absolute Gasteiger partial charge is 0.450 e. The second kappa shape index (κ2) is 11.8. The van der Waals surface area contributed by atoms with Crippen LogP contribution in [0.2, 0.25) is 0 Å². The fourth-order valence-corrected chi connectivity index (χ4v) is 5.95. The van der Waals surface area contributed by atoms with Crippen LogP contribution in [0, 0.1) is 5.92 Å². The summed E-state index contributed by atoms with van der Waals surface area (Å²) in [6.07, 6.45) is 4.12. The van der Waals surface area contributed by atoms with Crippen LogP contribution >= 0.6 is 0 Å². The van der Waals surface area contributed by atoms with Crippen molar-refractivity contribution in [2.45, 2.75) is 69.4 Å². The number of aromatic nitrogens is 2. The molecule has 11 nitrogen and oxygen atoms in total. The van der Waals surface area contributed by atoms with E-state index in [1.165, 1.54) is 11.1 Å². The fraction of sp³-hybridized carbons (Fsp3) is 0.484. The lowest BCUT2D eigenvalue weighted by molar-refractivity contribution is 0.0221. The molecule has 2 aromatic carbocycles. The first kappa shape index (κ1) is 28.3. The Bertz CT molecular complexity index is 1400. The number of alkyl carbamates (subject to hydrolysis) is 1. The molecule has 0 bridgehead atoms. The molecule has 6 rings (SSSR count). The highest BCUT2D eigenvalue weighted by Gasteiger charge is 2.75. The Morgan fingerprint density at radius 2 is 1.90 bits per heavy atom. The molecule has 1 aromatic heterocycles. The molecule has 1 aliphatic carbocycles. The van der Waals surface area contributed by atoms with Crippen LogP contribution < -0.4 is 16.0 Å². The highest BCUT2D eigenvalue weighted by molar-refractivity contribution is 5.94. The number of carbonyl (C=O) groups excluding carboxylic acids is 2. The quantitative estimate of drug-likeness (QED) is 0.253. The summed E-state index contributed by atoms with van der Waals surface area (Å²) in [5.74, 6) is -1.39. The first-order valence-corrected chi connectivity index (χ1v) is 14.8. The SMILES string of the molecule is CCCOC(=O)N[C@@]1(CC[C@@H]2CCNC2)O[C@@]1(O)c1noc(Cc2ccc(C(=O)NC3Cc4ccccc4C3)cc2)n1. The highest BCUT2D eigenvalue weighted by Crippen LogP contribution is 2.54. The smallest absolute Gasteiger partial charge is 0.409 e. The Morgan fingerprint density at radius 3 is 2.60 bits per heavy atom.